The Kier molecular flexibility index (Phi) is 3.62. The minimum Gasteiger partial charge on any atom is -0.399 e. The largest absolute Gasteiger partial charge is 0.399 e. The number of benzene rings is 1. The van der Waals surface area contributed by atoms with Gasteiger partial charge in [0.2, 0.25) is 0 Å². The molecule has 23 heavy (non-hydrogen) atoms. The van der Waals surface area contributed by atoms with Crippen LogP contribution in [0.25, 0.3) is 10.4 Å². The molecule has 1 unspecified atom stereocenters. The van der Waals surface area contributed by atoms with Crippen molar-refractivity contribution in [3.05, 3.63) is 40.8 Å². The summed E-state index contributed by atoms with van der Waals surface area (Å²) in [6.07, 6.45) is 2.46. The molecule has 3 aliphatic rings. The minimum atomic E-state index is -0.309. The number of amides is 1. The smallest absolute Gasteiger partial charge is 0.259 e. The summed E-state index contributed by atoms with van der Waals surface area (Å²) in [5.74, 6) is 0.809. The van der Waals surface area contributed by atoms with Crippen LogP contribution in [0.15, 0.2) is 30.3 Å². The second kappa shape index (κ2) is 5.65. The van der Waals surface area contributed by atoms with Gasteiger partial charge in [-0.1, -0.05) is 12.1 Å². The lowest BCUT2D eigenvalue weighted by Crippen LogP contribution is -2.46. The molecule has 0 radical (unpaired) electrons. The maximum Gasteiger partial charge on any atom is 0.259 e. The first-order valence-corrected chi connectivity index (χ1v) is 8.95. The lowest BCUT2D eigenvalue weighted by molar-refractivity contribution is 0.0859. The normalized spacial score (nSPS) is 26.3. The highest BCUT2D eigenvalue weighted by atomic mass is 32.1. The van der Waals surface area contributed by atoms with Crippen LogP contribution in [-0.4, -0.2) is 30.4 Å². The molecule has 120 valence electrons. The van der Waals surface area contributed by atoms with Gasteiger partial charge in [-0.2, -0.15) is 0 Å². The molecular formula is C18H21N3OS. The van der Waals surface area contributed by atoms with Crippen LogP contribution in [-0.2, 0) is 0 Å². The molecule has 0 aliphatic carbocycles. The number of carbonyl (C=O) groups is 1. The number of nitrogens with zero attached hydrogens (tertiary/aromatic N) is 1. The highest BCUT2D eigenvalue weighted by Crippen LogP contribution is 2.44. The van der Waals surface area contributed by atoms with Crippen LogP contribution < -0.4 is 11.5 Å². The van der Waals surface area contributed by atoms with E-state index in [2.05, 4.69) is 11.0 Å². The Morgan fingerprint density at radius 3 is 2.61 bits per heavy atom. The van der Waals surface area contributed by atoms with Gasteiger partial charge in [0.05, 0.1) is 4.88 Å². The molecule has 0 spiro atoms. The molecule has 4 N–H and O–H groups in total. The van der Waals surface area contributed by atoms with Crippen molar-refractivity contribution < 1.29 is 4.79 Å². The number of nitrogen functional groups attached to an aromatic ring is 1. The molecule has 1 aromatic heterocycles. The second-order valence-electron chi connectivity index (χ2n) is 6.63. The third-order valence-electron chi connectivity index (χ3n) is 5.21. The fraction of sp³-hybridized carbons (Fsp3) is 0.389. The summed E-state index contributed by atoms with van der Waals surface area (Å²) < 4.78 is 0. The zero-order valence-electron chi connectivity index (χ0n) is 13.0. The van der Waals surface area contributed by atoms with Crippen LogP contribution in [0.2, 0.25) is 0 Å². The minimum absolute atomic E-state index is 0.309. The van der Waals surface area contributed by atoms with Crippen molar-refractivity contribution >= 4 is 22.9 Å². The Labute approximate surface area is 140 Å². The maximum absolute atomic E-state index is 12.0. The number of primary amides is 1. The molecule has 2 bridgehead atoms. The predicted molar refractivity (Wildman–Crippen MR) is 94.6 cm³/mol. The molecule has 4 heterocycles. The van der Waals surface area contributed by atoms with Crippen LogP contribution in [0.4, 0.5) is 5.69 Å². The highest BCUT2D eigenvalue weighted by Gasteiger charge is 2.37. The van der Waals surface area contributed by atoms with E-state index >= 15 is 0 Å². The van der Waals surface area contributed by atoms with E-state index < -0.39 is 0 Å². The Hall–Kier alpha value is -1.85. The summed E-state index contributed by atoms with van der Waals surface area (Å²) >= 11 is 1.50. The standard InChI is InChI=1S/C18H21N3OS/c19-13-3-1-2-12(8-13)16-9-14(17(23-16)18(20)22)15-10-21-6-4-11(15)5-7-21/h1-3,8-9,11,15H,4-7,10,19H2,(H2,20,22). The Morgan fingerprint density at radius 2 is 2.00 bits per heavy atom. The van der Waals surface area contributed by atoms with Crippen molar-refractivity contribution in [2.24, 2.45) is 11.7 Å². The van der Waals surface area contributed by atoms with Gasteiger partial charge in [-0.15, -0.1) is 11.3 Å². The van der Waals surface area contributed by atoms with E-state index in [1.54, 1.807) is 0 Å². The van der Waals surface area contributed by atoms with E-state index in [0.29, 0.717) is 11.8 Å². The van der Waals surface area contributed by atoms with Gasteiger partial charge >= 0.3 is 0 Å². The maximum atomic E-state index is 12.0. The number of nitrogens with two attached hydrogens (primary N) is 2. The van der Waals surface area contributed by atoms with E-state index in [1.165, 1.54) is 37.3 Å². The molecule has 3 aliphatic heterocycles. The SMILES string of the molecule is NC(=O)c1sc(-c2cccc(N)c2)cc1C1CN2CCC1CC2. The van der Waals surface area contributed by atoms with E-state index in [0.717, 1.165) is 33.1 Å². The van der Waals surface area contributed by atoms with Gasteiger partial charge in [0, 0.05) is 23.0 Å². The predicted octanol–water partition coefficient (Wildman–Crippen LogP) is 2.91. The molecule has 5 rings (SSSR count). The van der Waals surface area contributed by atoms with Crippen LogP contribution in [0.5, 0.6) is 0 Å². The van der Waals surface area contributed by atoms with Crippen molar-refractivity contribution in [1.82, 2.24) is 4.90 Å². The Morgan fingerprint density at radius 1 is 1.22 bits per heavy atom. The van der Waals surface area contributed by atoms with Crippen molar-refractivity contribution in [2.45, 2.75) is 18.8 Å². The van der Waals surface area contributed by atoms with Gasteiger partial charge in [0.25, 0.3) is 5.91 Å². The third kappa shape index (κ3) is 2.64. The second-order valence-corrected chi connectivity index (χ2v) is 7.68. The van der Waals surface area contributed by atoms with Gasteiger partial charge in [0.1, 0.15) is 0 Å². The van der Waals surface area contributed by atoms with Crippen molar-refractivity contribution in [2.75, 3.05) is 25.4 Å². The van der Waals surface area contributed by atoms with Crippen molar-refractivity contribution in [3.63, 3.8) is 0 Å². The van der Waals surface area contributed by atoms with Crippen LogP contribution >= 0.6 is 11.3 Å². The zero-order chi connectivity index (χ0) is 16.0. The van der Waals surface area contributed by atoms with Crippen molar-refractivity contribution in [3.8, 4) is 10.4 Å². The number of thiophene rings is 1. The molecule has 5 heteroatoms. The first-order valence-electron chi connectivity index (χ1n) is 8.13. The van der Waals surface area contributed by atoms with Gasteiger partial charge in [-0.25, -0.2) is 0 Å². The van der Waals surface area contributed by atoms with Gasteiger partial charge < -0.3 is 16.4 Å². The van der Waals surface area contributed by atoms with Crippen LogP contribution in [0.3, 0.4) is 0 Å². The van der Waals surface area contributed by atoms with Gasteiger partial charge in [-0.3, -0.25) is 4.79 Å². The van der Waals surface area contributed by atoms with Crippen LogP contribution in [0.1, 0.15) is 34.0 Å². The number of hydrogen-bond acceptors (Lipinski definition) is 4. The molecule has 4 nitrogen and oxygen atoms in total. The summed E-state index contributed by atoms with van der Waals surface area (Å²) in [4.78, 5) is 16.3. The average Bonchev–Trinajstić information content (AvgIpc) is 3.01. The average molecular weight is 327 g/mol. The number of fused-ring (bicyclic) bond motifs is 3. The third-order valence-corrected chi connectivity index (χ3v) is 6.43. The summed E-state index contributed by atoms with van der Waals surface area (Å²) in [5, 5.41) is 0. The van der Waals surface area contributed by atoms with Crippen LogP contribution in [0, 0.1) is 5.92 Å². The Balaban J connectivity index is 1.76. The van der Waals surface area contributed by atoms with E-state index in [-0.39, 0.29) is 5.91 Å². The van der Waals surface area contributed by atoms with E-state index in [1.807, 2.05) is 24.3 Å². The van der Waals surface area contributed by atoms with Crippen molar-refractivity contribution in [1.29, 1.82) is 0 Å². The number of hydrogen-bond donors (Lipinski definition) is 2. The lowest BCUT2D eigenvalue weighted by Gasteiger charge is -2.45. The topological polar surface area (TPSA) is 72.3 Å². The number of rotatable bonds is 3. The van der Waals surface area contributed by atoms with Gasteiger partial charge in [-0.05, 0) is 61.2 Å². The van der Waals surface area contributed by atoms with Gasteiger partial charge in [0.15, 0.2) is 0 Å². The quantitative estimate of drug-likeness (QED) is 0.851. The Bertz CT molecular complexity index is 746. The fourth-order valence-electron chi connectivity index (χ4n) is 4.02. The summed E-state index contributed by atoms with van der Waals surface area (Å²) in [5.41, 5.74) is 14.5. The summed E-state index contributed by atoms with van der Waals surface area (Å²) in [6.45, 7) is 3.44. The number of anilines is 1. The molecule has 3 saturated heterocycles. The summed E-state index contributed by atoms with van der Waals surface area (Å²) in [7, 11) is 0. The molecule has 1 atom stereocenters. The molecular weight excluding hydrogens is 306 g/mol. The van der Waals surface area contributed by atoms with E-state index in [9.17, 15) is 4.79 Å². The molecule has 1 amide bonds. The first-order chi connectivity index (χ1) is 11.1. The molecule has 2 aromatic rings. The first kappa shape index (κ1) is 14.7. The zero-order valence-corrected chi connectivity index (χ0v) is 13.8. The molecule has 0 saturated carbocycles. The molecule has 3 fully saturated rings. The number of piperidine rings is 3. The highest BCUT2D eigenvalue weighted by molar-refractivity contribution is 7.17. The number of carbonyl (C=O) groups excluding carboxylic acids is 1. The van der Waals surface area contributed by atoms with E-state index in [4.69, 9.17) is 11.5 Å². The molecule has 1 aromatic carbocycles. The lowest BCUT2D eigenvalue weighted by atomic mass is 9.75. The summed E-state index contributed by atoms with van der Waals surface area (Å²) in [6, 6.07) is 9.98. The fourth-order valence-corrected chi connectivity index (χ4v) is 5.10. The monoisotopic (exact) mass is 327 g/mol.